The predicted molar refractivity (Wildman–Crippen MR) is 9.77 cm³/mol. The molecule has 0 radical (unpaired) electrons. The zero-order valence-electron chi connectivity index (χ0n) is 2.26. The zero-order chi connectivity index (χ0) is 2.00. The Morgan fingerprint density at radius 3 is 1.25 bits per heavy atom. The second-order valence-corrected chi connectivity index (χ2v) is 0. The number of hydrogen-bond donors (Lipinski definition) is 0. The summed E-state index contributed by atoms with van der Waals surface area (Å²) in [5, 5.41) is 0. The quantitative estimate of drug-likeness (QED) is 0.378. The fourth-order valence-electron chi connectivity index (χ4n) is 0. The molecule has 0 bridgehead atoms. The molecule has 0 aliphatic heterocycles. The van der Waals surface area contributed by atoms with E-state index < -0.39 is 0 Å². The molecule has 0 aromatic heterocycles. The first kappa shape index (κ1) is 19.7. The van der Waals surface area contributed by atoms with Gasteiger partial charge in [-0.15, -0.1) is 0 Å². The molecule has 0 saturated heterocycles. The normalized spacial score (nSPS) is 1.00. The first-order valence-electron chi connectivity index (χ1n) is 0.167. The van der Waals surface area contributed by atoms with E-state index in [1.54, 1.807) is 0 Å². The predicted octanol–water partition coefficient (Wildman–Crippen LogP) is -0.947. The number of hydrogen-bond acceptors (Lipinski definition) is 2. The summed E-state index contributed by atoms with van der Waals surface area (Å²) >= 11 is 1.38. The van der Waals surface area contributed by atoms with E-state index in [1.165, 1.54) is 16.2 Å². The van der Waals surface area contributed by atoms with Crippen molar-refractivity contribution in [1.29, 1.82) is 0 Å². The van der Waals surface area contributed by atoms with Gasteiger partial charge in [-0.3, -0.25) is 0 Å². The summed E-state index contributed by atoms with van der Waals surface area (Å²) in [6.07, 6.45) is 0. The minimum atomic E-state index is 0. The van der Waals surface area contributed by atoms with E-state index in [4.69, 9.17) is 3.80 Å². The van der Waals surface area contributed by atoms with Crippen LogP contribution in [0.4, 0.5) is 0 Å². The van der Waals surface area contributed by atoms with Crippen LogP contribution in [0.3, 0.4) is 0 Å². The van der Waals surface area contributed by atoms with Gasteiger partial charge in [0.1, 0.15) is 0 Å². The average Bonchev–Trinajstić information content (AvgIpc) is 1.00. The van der Waals surface area contributed by atoms with Crippen molar-refractivity contribution in [3.63, 3.8) is 0 Å². The Bertz CT molecular complexity index is 6.00. The molecule has 0 aliphatic carbocycles. The zero-order valence-corrected chi connectivity index (χ0v) is 5.54. The third-order valence-corrected chi connectivity index (χ3v) is 0. The van der Waals surface area contributed by atoms with Crippen molar-refractivity contribution < 1.29 is 25.5 Å². The Hall–Kier alpha value is 1.06. The van der Waals surface area contributed by atoms with Crippen molar-refractivity contribution in [2.45, 2.75) is 0 Å². The summed E-state index contributed by atoms with van der Waals surface area (Å²) in [5.74, 6) is 0. The van der Waals surface area contributed by atoms with E-state index in [2.05, 4.69) is 0 Å². The van der Waals surface area contributed by atoms with Gasteiger partial charge in [0.05, 0.1) is 0 Å². The molecule has 0 heterocycles. The molecule has 2 nitrogen and oxygen atoms in total. The van der Waals surface area contributed by atoms with E-state index in [0.717, 1.165) is 0 Å². The molecule has 0 atom stereocenters. The van der Waals surface area contributed by atoms with Gasteiger partial charge in [0.2, 0.25) is 0 Å². The van der Waals surface area contributed by atoms with Crippen LogP contribution in [0.2, 0.25) is 0 Å². The van der Waals surface area contributed by atoms with Gasteiger partial charge in [0.15, 0.2) is 0 Å². The standard InChI is InChI=1S/Cr.Mg.H2O.O.H/h;;1H2;;/q;+1;;;/p-1. The molecule has 0 aliphatic rings. The van der Waals surface area contributed by atoms with Gasteiger partial charge < -0.3 is 5.48 Å². The minimum absolute atomic E-state index is 0. The molecule has 4 heavy (non-hydrogen) atoms. The van der Waals surface area contributed by atoms with Crippen LogP contribution in [-0.4, -0.2) is 28.5 Å². The van der Waals surface area contributed by atoms with Gasteiger partial charge in [-0.1, -0.05) is 0 Å². The van der Waals surface area contributed by atoms with Gasteiger partial charge >= 0.3 is 43.1 Å². The summed E-state index contributed by atoms with van der Waals surface area (Å²) in [5.41, 5.74) is 0. The molecule has 0 aromatic rings. The monoisotopic (exact) mass is 110 g/mol. The van der Waals surface area contributed by atoms with Crippen LogP contribution >= 0.6 is 0 Å². The maximum absolute atomic E-state index is 8.12. The van der Waals surface area contributed by atoms with Gasteiger partial charge in [-0.05, 0) is 0 Å². The van der Waals surface area contributed by atoms with Crippen molar-refractivity contribution in [3.05, 3.63) is 0 Å². The van der Waals surface area contributed by atoms with Gasteiger partial charge in [0.25, 0.3) is 0 Å². The average molecular weight is 110 g/mol. The maximum atomic E-state index is 8.12. The summed E-state index contributed by atoms with van der Waals surface area (Å²) < 4.78 is 8.12. The fourth-order valence-corrected chi connectivity index (χ4v) is 0. The molecule has 0 fully saturated rings. The van der Waals surface area contributed by atoms with E-state index in [1.807, 2.05) is 0 Å². The summed E-state index contributed by atoms with van der Waals surface area (Å²) in [4.78, 5) is 0. The van der Waals surface area contributed by atoms with Crippen LogP contribution in [0, 0.1) is 0 Å². The molecule has 0 amide bonds. The van der Waals surface area contributed by atoms with Gasteiger partial charge in [-0.2, -0.15) is 0 Å². The van der Waals surface area contributed by atoms with Crippen LogP contribution in [-0.2, 0) is 20.0 Å². The molecular formula is H2CrMgO2. The molecule has 0 saturated carbocycles. The Labute approximate surface area is 48.7 Å². The van der Waals surface area contributed by atoms with E-state index in [-0.39, 0.29) is 28.5 Å². The topological polar surface area (TPSA) is 47.1 Å². The van der Waals surface area contributed by atoms with E-state index in [9.17, 15) is 0 Å². The second-order valence-electron chi connectivity index (χ2n) is 0. The molecule has 22 valence electrons. The molecule has 1 N–H and O–H groups in total. The molecule has 0 unspecified atom stereocenters. The Balaban J connectivity index is -0.00000000500. The number of rotatable bonds is 0. The second kappa shape index (κ2) is 33.9. The molecule has 0 aromatic carbocycles. The summed E-state index contributed by atoms with van der Waals surface area (Å²) in [6.45, 7) is 0. The first-order valence-corrected chi connectivity index (χ1v) is 0.687. The van der Waals surface area contributed by atoms with Gasteiger partial charge in [-0.25, -0.2) is 0 Å². The third kappa shape index (κ3) is 11.6. The third-order valence-electron chi connectivity index (χ3n) is 0. The fraction of sp³-hybridized carbons (Fsp3) is 0. The van der Waals surface area contributed by atoms with Crippen molar-refractivity contribution in [3.8, 4) is 0 Å². The van der Waals surface area contributed by atoms with Crippen molar-refractivity contribution in [2.24, 2.45) is 0 Å². The van der Waals surface area contributed by atoms with E-state index >= 15 is 0 Å². The first-order chi connectivity index (χ1) is 1.00. The van der Waals surface area contributed by atoms with Crippen LogP contribution in [0.1, 0.15) is 0 Å². The summed E-state index contributed by atoms with van der Waals surface area (Å²) in [7, 11) is 0. The van der Waals surface area contributed by atoms with Crippen LogP contribution < -0.4 is 0 Å². The van der Waals surface area contributed by atoms with Crippen molar-refractivity contribution in [1.82, 2.24) is 0 Å². The van der Waals surface area contributed by atoms with Crippen molar-refractivity contribution >= 4 is 23.1 Å². The van der Waals surface area contributed by atoms with Crippen LogP contribution in [0.15, 0.2) is 0 Å². The Kier molecular flexibility index (Phi) is 167. The molecule has 0 spiro atoms. The van der Waals surface area contributed by atoms with Crippen LogP contribution in [0.25, 0.3) is 0 Å². The molecule has 0 rings (SSSR count). The SMILES string of the molecule is [MgH+].[OH-].[O]=[Cr]. The van der Waals surface area contributed by atoms with E-state index in [0.29, 0.717) is 0 Å². The Morgan fingerprint density at radius 1 is 1.25 bits per heavy atom. The Morgan fingerprint density at radius 2 is 1.25 bits per heavy atom. The molecule has 4 heteroatoms. The van der Waals surface area contributed by atoms with Gasteiger partial charge in [0, 0.05) is 0 Å². The van der Waals surface area contributed by atoms with Crippen molar-refractivity contribution in [2.75, 3.05) is 0 Å². The molecular weight excluding hydrogens is 108 g/mol. The summed E-state index contributed by atoms with van der Waals surface area (Å²) in [6, 6.07) is 0. The van der Waals surface area contributed by atoms with Crippen LogP contribution in [0.5, 0.6) is 0 Å².